The van der Waals surface area contributed by atoms with Gasteiger partial charge in [-0.05, 0) is 54.9 Å². The van der Waals surface area contributed by atoms with Crippen LogP contribution in [0, 0.1) is 0 Å². The van der Waals surface area contributed by atoms with Gasteiger partial charge in [-0.1, -0.05) is 0 Å². The van der Waals surface area contributed by atoms with Gasteiger partial charge in [-0.3, -0.25) is 14.7 Å². The Kier molecular flexibility index (Phi) is 12.3. The van der Waals surface area contributed by atoms with E-state index < -0.39 is 0 Å². The van der Waals surface area contributed by atoms with Crippen LogP contribution in [0.25, 0.3) is 0 Å². The standard InChI is InChI=1S/C19H41N5O/c1-9-20-19(22(8)15-18(25)23(10-2)11-3)21-13-12-14-24(16(4)5)17(6)7/h16-17H,9-15H2,1-8H3,(H,20,21). The molecule has 0 atom stereocenters. The predicted octanol–water partition coefficient (Wildman–Crippen LogP) is 2.26. The number of hydrogen-bond acceptors (Lipinski definition) is 3. The summed E-state index contributed by atoms with van der Waals surface area (Å²) in [6, 6.07) is 1.10. The molecular weight excluding hydrogens is 314 g/mol. The Bertz CT molecular complexity index is 383. The number of carbonyl (C=O) groups excluding carboxylic acids is 1. The number of likely N-dealkylation sites (N-methyl/N-ethyl adjacent to an activating group) is 2. The van der Waals surface area contributed by atoms with Crippen LogP contribution in [-0.2, 0) is 4.79 Å². The molecule has 0 radical (unpaired) electrons. The highest BCUT2D eigenvalue weighted by atomic mass is 16.2. The minimum Gasteiger partial charge on any atom is -0.357 e. The van der Waals surface area contributed by atoms with E-state index in [0.29, 0.717) is 18.6 Å². The average Bonchev–Trinajstić information content (AvgIpc) is 2.53. The van der Waals surface area contributed by atoms with E-state index in [4.69, 9.17) is 4.99 Å². The van der Waals surface area contributed by atoms with Crippen molar-refractivity contribution < 1.29 is 4.79 Å². The molecule has 0 spiro atoms. The van der Waals surface area contributed by atoms with Crippen molar-refractivity contribution in [3.8, 4) is 0 Å². The smallest absolute Gasteiger partial charge is 0.242 e. The van der Waals surface area contributed by atoms with Crippen LogP contribution in [0.4, 0.5) is 0 Å². The molecule has 0 unspecified atom stereocenters. The summed E-state index contributed by atoms with van der Waals surface area (Å²) in [4.78, 5) is 23.2. The van der Waals surface area contributed by atoms with E-state index in [1.54, 1.807) is 0 Å². The summed E-state index contributed by atoms with van der Waals surface area (Å²) in [5, 5.41) is 3.29. The third-order valence-electron chi connectivity index (χ3n) is 4.35. The molecule has 1 amide bonds. The van der Waals surface area contributed by atoms with E-state index in [-0.39, 0.29) is 5.91 Å². The first-order valence-electron chi connectivity index (χ1n) is 9.81. The van der Waals surface area contributed by atoms with Crippen molar-refractivity contribution in [3.63, 3.8) is 0 Å². The summed E-state index contributed by atoms with van der Waals surface area (Å²) in [5.41, 5.74) is 0. The van der Waals surface area contributed by atoms with Gasteiger partial charge in [-0.15, -0.1) is 0 Å². The van der Waals surface area contributed by atoms with Crippen molar-refractivity contribution in [2.45, 2.75) is 67.0 Å². The van der Waals surface area contributed by atoms with E-state index in [9.17, 15) is 4.79 Å². The predicted molar refractivity (Wildman–Crippen MR) is 108 cm³/mol. The molecule has 0 saturated heterocycles. The summed E-state index contributed by atoms with van der Waals surface area (Å²) >= 11 is 0. The van der Waals surface area contributed by atoms with Gasteiger partial charge in [0, 0.05) is 51.9 Å². The number of hydrogen-bond donors (Lipinski definition) is 1. The molecule has 0 aliphatic heterocycles. The maximum absolute atomic E-state index is 12.3. The van der Waals surface area contributed by atoms with Crippen molar-refractivity contribution in [2.24, 2.45) is 4.99 Å². The molecule has 0 aliphatic rings. The van der Waals surface area contributed by atoms with Gasteiger partial charge in [0.05, 0.1) is 6.54 Å². The number of amides is 1. The van der Waals surface area contributed by atoms with Gasteiger partial charge in [0.1, 0.15) is 0 Å². The van der Waals surface area contributed by atoms with Crippen LogP contribution >= 0.6 is 0 Å². The Morgan fingerprint density at radius 2 is 1.60 bits per heavy atom. The molecule has 0 heterocycles. The lowest BCUT2D eigenvalue weighted by Gasteiger charge is -2.30. The zero-order chi connectivity index (χ0) is 19.4. The Balaban J connectivity index is 4.65. The lowest BCUT2D eigenvalue weighted by Crippen LogP contribution is -2.45. The number of rotatable bonds is 11. The molecule has 0 bridgehead atoms. The minimum atomic E-state index is 0.142. The fourth-order valence-electron chi connectivity index (χ4n) is 2.97. The Hall–Kier alpha value is -1.30. The highest BCUT2D eigenvalue weighted by Crippen LogP contribution is 2.05. The average molecular weight is 356 g/mol. The van der Waals surface area contributed by atoms with E-state index in [1.165, 1.54) is 0 Å². The Morgan fingerprint density at radius 3 is 2.04 bits per heavy atom. The molecule has 0 aliphatic carbocycles. The SMILES string of the molecule is CCNC(=NCCCN(C(C)C)C(C)C)N(C)CC(=O)N(CC)CC. The third kappa shape index (κ3) is 9.10. The van der Waals surface area contributed by atoms with Crippen molar-refractivity contribution in [1.29, 1.82) is 0 Å². The van der Waals surface area contributed by atoms with Crippen molar-refractivity contribution in [1.82, 2.24) is 20.0 Å². The third-order valence-corrected chi connectivity index (χ3v) is 4.35. The number of guanidine groups is 1. The fourth-order valence-corrected chi connectivity index (χ4v) is 2.97. The van der Waals surface area contributed by atoms with Crippen molar-refractivity contribution in [3.05, 3.63) is 0 Å². The second-order valence-corrected chi connectivity index (χ2v) is 6.94. The monoisotopic (exact) mass is 355 g/mol. The van der Waals surface area contributed by atoms with Gasteiger partial charge < -0.3 is 15.1 Å². The quantitative estimate of drug-likeness (QED) is 0.351. The molecule has 25 heavy (non-hydrogen) atoms. The highest BCUT2D eigenvalue weighted by molar-refractivity contribution is 5.86. The maximum Gasteiger partial charge on any atom is 0.242 e. The van der Waals surface area contributed by atoms with E-state index >= 15 is 0 Å². The lowest BCUT2D eigenvalue weighted by atomic mass is 10.2. The number of nitrogens with one attached hydrogen (secondary N) is 1. The molecule has 0 aromatic rings. The van der Waals surface area contributed by atoms with Crippen LogP contribution < -0.4 is 5.32 Å². The number of carbonyl (C=O) groups is 1. The first kappa shape index (κ1) is 23.7. The zero-order valence-electron chi connectivity index (χ0n) is 17.8. The lowest BCUT2D eigenvalue weighted by molar-refractivity contribution is -0.131. The van der Waals surface area contributed by atoms with Gasteiger partial charge >= 0.3 is 0 Å². The summed E-state index contributed by atoms with van der Waals surface area (Å²) in [6.07, 6.45) is 1.02. The molecule has 0 fully saturated rings. The number of aliphatic imine (C=N–C) groups is 1. The molecular formula is C19H41N5O. The van der Waals surface area contributed by atoms with Crippen molar-refractivity contribution >= 4 is 11.9 Å². The first-order valence-corrected chi connectivity index (χ1v) is 9.81. The van der Waals surface area contributed by atoms with E-state index in [2.05, 4.69) is 44.8 Å². The van der Waals surface area contributed by atoms with Gasteiger partial charge in [0.25, 0.3) is 0 Å². The molecule has 6 heteroatoms. The van der Waals surface area contributed by atoms with Crippen molar-refractivity contribution in [2.75, 3.05) is 46.3 Å². The molecule has 6 nitrogen and oxygen atoms in total. The Morgan fingerprint density at radius 1 is 1.04 bits per heavy atom. The molecule has 1 N–H and O–H groups in total. The molecule has 148 valence electrons. The van der Waals surface area contributed by atoms with Gasteiger partial charge in [-0.25, -0.2) is 0 Å². The van der Waals surface area contributed by atoms with Crippen LogP contribution in [0.15, 0.2) is 4.99 Å². The summed E-state index contributed by atoms with van der Waals surface area (Å²) in [7, 11) is 1.93. The zero-order valence-corrected chi connectivity index (χ0v) is 17.8. The summed E-state index contributed by atoms with van der Waals surface area (Å²) in [5.74, 6) is 0.951. The fraction of sp³-hybridized carbons (Fsp3) is 0.895. The maximum atomic E-state index is 12.3. The molecule has 0 saturated carbocycles. The number of nitrogens with zero attached hydrogens (tertiary/aromatic N) is 4. The van der Waals surface area contributed by atoms with Gasteiger partial charge in [-0.2, -0.15) is 0 Å². The van der Waals surface area contributed by atoms with Crippen LogP contribution in [0.5, 0.6) is 0 Å². The van der Waals surface area contributed by atoms with E-state index in [1.807, 2.05) is 30.7 Å². The minimum absolute atomic E-state index is 0.142. The summed E-state index contributed by atoms with van der Waals surface area (Å²) in [6.45, 7) is 19.5. The molecule has 0 rings (SSSR count). The highest BCUT2D eigenvalue weighted by Gasteiger charge is 2.15. The topological polar surface area (TPSA) is 51.2 Å². The summed E-state index contributed by atoms with van der Waals surface area (Å²) < 4.78 is 0. The largest absolute Gasteiger partial charge is 0.357 e. The molecule has 0 aromatic heterocycles. The molecule has 0 aromatic carbocycles. The second-order valence-electron chi connectivity index (χ2n) is 6.94. The first-order chi connectivity index (χ1) is 11.8. The van der Waals surface area contributed by atoms with Crippen LogP contribution in [0.3, 0.4) is 0 Å². The van der Waals surface area contributed by atoms with E-state index in [0.717, 1.165) is 45.1 Å². The van der Waals surface area contributed by atoms with Gasteiger partial charge in [0.15, 0.2) is 5.96 Å². The van der Waals surface area contributed by atoms with Crippen LogP contribution in [0.1, 0.15) is 54.9 Å². The van der Waals surface area contributed by atoms with Gasteiger partial charge in [0.2, 0.25) is 5.91 Å². The Labute approximate surface area is 155 Å². The normalized spacial score (nSPS) is 12.2. The second kappa shape index (κ2) is 13.0. The van der Waals surface area contributed by atoms with Crippen LogP contribution in [0.2, 0.25) is 0 Å². The van der Waals surface area contributed by atoms with Crippen LogP contribution in [-0.4, -0.2) is 85.0 Å².